The highest BCUT2D eigenvalue weighted by Crippen LogP contribution is 2.31. The second-order valence-corrected chi connectivity index (χ2v) is 8.77. The molecule has 0 aliphatic heterocycles. The molecule has 0 saturated heterocycles. The number of aromatic carboxylic acids is 1. The van der Waals surface area contributed by atoms with Crippen molar-refractivity contribution in [3.05, 3.63) is 103 Å². The van der Waals surface area contributed by atoms with Crippen molar-refractivity contribution in [2.45, 2.75) is 18.8 Å². The SMILES string of the molecule is O=C(O)c1cccc(C(CC(=O)c2ccc(Cl)c(Cl)c2)CC(=O)c2ccc(Cl)c(Cl)c2)c1. The molecule has 0 aromatic heterocycles. The fourth-order valence-corrected chi connectivity index (χ4v) is 3.85. The van der Waals surface area contributed by atoms with Gasteiger partial charge in [0, 0.05) is 24.0 Å². The van der Waals surface area contributed by atoms with Crippen LogP contribution in [0, 0.1) is 0 Å². The van der Waals surface area contributed by atoms with Crippen molar-refractivity contribution in [1.29, 1.82) is 0 Å². The largest absolute Gasteiger partial charge is 0.478 e. The number of carboxylic acids is 1. The van der Waals surface area contributed by atoms with Crippen molar-refractivity contribution >= 4 is 63.9 Å². The lowest BCUT2D eigenvalue weighted by Gasteiger charge is -2.17. The van der Waals surface area contributed by atoms with Gasteiger partial charge >= 0.3 is 5.97 Å². The molecule has 32 heavy (non-hydrogen) atoms. The van der Waals surface area contributed by atoms with Gasteiger partial charge in [-0.25, -0.2) is 4.79 Å². The van der Waals surface area contributed by atoms with Crippen LogP contribution in [0.2, 0.25) is 20.1 Å². The van der Waals surface area contributed by atoms with Gasteiger partial charge in [-0.15, -0.1) is 0 Å². The third-order valence-electron chi connectivity index (χ3n) is 4.95. The molecule has 0 radical (unpaired) electrons. The van der Waals surface area contributed by atoms with Crippen LogP contribution in [0.25, 0.3) is 0 Å². The summed E-state index contributed by atoms with van der Waals surface area (Å²) in [5.41, 5.74) is 1.32. The predicted molar refractivity (Wildman–Crippen MR) is 127 cm³/mol. The molecule has 0 fully saturated rings. The van der Waals surface area contributed by atoms with Crippen LogP contribution in [-0.4, -0.2) is 22.6 Å². The molecular formula is C24H16Cl4O4. The summed E-state index contributed by atoms with van der Waals surface area (Å²) in [7, 11) is 0. The van der Waals surface area contributed by atoms with E-state index >= 15 is 0 Å². The summed E-state index contributed by atoms with van der Waals surface area (Å²) in [5, 5.41) is 10.5. The molecule has 164 valence electrons. The first-order chi connectivity index (χ1) is 15.2. The third-order valence-corrected chi connectivity index (χ3v) is 6.43. The van der Waals surface area contributed by atoms with Crippen LogP contribution in [-0.2, 0) is 0 Å². The summed E-state index contributed by atoms with van der Waals surface area (Å²) in [5.74, 6) is -2.18. The Kier molecular flexibility index (Phi) is 7.96. The maximum atomic E-state index is 13.0. The summed E-state index contributed by atoms with van der Waals surface area (Å²) in [6, 6.07) is 15.3. The number of carbonyl (C=O) groups is 3. The Morgan fingerprint density at radius 1 is 0.656 bits per heavy atom. The Balaban J connectivity index is 1.93. The summed E-state index contributed by atoms with van der Waals surface area (Å²) in [6.45, 7) is 0. The number of hydrogen-bond donors (Lipinski definition) is 1. The van der Waals surface area contributed by atoms with Gasteiger partial charge in [-0.3, -0.25) is 9.59 Å². The monoisotopic (exact) mass is 508 g/mol. The fourth-order valence-electron chi connectivity index (χ4n) is 3.26. The minimum absolute atomic E-state index is 0.0336. The van der Waals surface area contributed by atoms with Crippen molar-refractivity contribution in [1.82, 2.24) is 0 Å². The number of carbonyl (C=O) groups excluding carboxylic acids is 2. The lowest BCUT2D eigenvalue weighted by molar-refractivity contribution is 0.0696. The summed E-state index contributed by atoms with van der Waals surface area (Å²) < 4.78 is 0. The molecule has 0 atom stereocenters. The molecule has 3 aromatic rings. The Morgan fingerprint density at radius 3 is 1.59 bits per heavy atom. The highest BCUT2D eigenvalue weighted by Gasteiger charge is 2.23. The van der Waals surface area contributed by atoms with E-state index in [0.717, 1.165) is 0 Å². The normalized spacial score (nSPS) is 10.9. The highest BCUT2D eigenvalue weighted by atomic mass is 35.5. The minimum atomic E-state index is -1.10. The van der Waals surface area contributed by atoms with Crippen molar-refractivity contribution in [2.24, 2.45) is 0 Å². The van der Waals surface area contributed by atoms with Crippen molar-refractivity contribution in [3.63, 3.8) is 0 Å². The molecule has 0 saturated carbocycles. The van der Waals surface area contributed by atoms with Crippen LogP contribution in [0.15, 0.2) is 60.7 Å². The fraction of sp³-hybridized carbons (Fsp3) is 0.125. The van der Waals surface area contributed by atoms with Crippen LogP contribution in [0.5, 0.6) is 0 Å². The van der Waals surface area contributed by atoms with E-state index in [9.17, 15) is 19.5 Å². The quantitative estimate of drug-likeness (QED) is 0.317. The van der Waals surface area contributed by atoms with Gasteiger partial charge in [-0.2, -0.15) is 0 Å². The average Bonchev–Trinajstić information content (AvgIpc) is 2.76. The molecular weight excluding hydrogens is 494 g/mol. The van der Waals surface area contributed by atoms with Gasteiger partial charge in [0.15, 0.2) is 11.6 Å². The molecule has 0 aliphatic carbocycles. The zero-order valence-corrected chi connectivity index (χ0v) is 19.5. The number of rotatable bonds is 8. The highest BCUT2D eigenvalue weighted by molar-refractivity contribution is 6.42. The van der Waals surface area contributed by atoms with Gasteiger partial charge in [-0.1, -0.05) is 58.5 Å². The zero-order valence-electron chi connectivity index (χ0n) is 16.4. The van der Waals surface area contributed by atoms with Gasteiger partial charge in [-0.05, 0) is 60.0 Å². The van der Waals surface area contributed by atoms with Crippen LogP contribution < -0.4 is 0 Å². The number of halogens is 4. The van der Waals surface area contributed by atoms with E-state index < -0.39 is 11.9 Å². The van der Waals surface area contributed by atoms with Gasteiger partial charge in [0.2, 0.25) is 0 Å². The summed E-state index contributed by atoms with van der Waals surface area (Å²) in [4.78, 5) is 37.3. The van der Waals surface area contributed by atoms with Crippen molar-refractivity contribution in [3.8, 4) is 0 Å². The second kappa shape index (κ2) is 10.5. The lowest BCUT2D eigenvalue weighted by atomic mass is 9.85. The predicted octanol–water partition coefficient (Wildman–Crippen LogP) is 7.63. The smallest absolute Gasteiger partial charge is 0.335 e. The molecule has 1 N–H and O–H groups in total. The third kappa shape index (κ3) is 5.90. The number of carboxylic acid groups (broad SMARTS) is 1. The standard InChI is InChI=1S/C24H16Cl4O4/c25-18-6-4-14(9-20(18)27)22(29)11-17(13-2-1-3-16(8-13)24(31)32)12-23(30)15-5-7-19(26)21(28)10-15/h1-10,17H,11-12H2,(H,31,32). The number of ketones is 2. The van der Waals surface area contributed by atoms with E-state index in [1.807, 2.05) is 0 Å². The van der Waals surface area contributed by atoms with E-state index in [-0.39, 0.29) is 40.0 Å². The minimum Gasteiger partial charge on any atom is -0.478 e. The molecule has 0 bridgehead atoms. The number of hydrogen-bond acceptors (Lipinski definition) is 3. The summed E-state index contributed by atoms with van der Waals surface area (Å²) in [6.07, 6.45) is -0.0673. The molecule has 0 heterocycles. The first kappa shape index (κ1) is 24.3. The first-order valence-corrected chi connectivity index (χ1v) is 11.0. The van der Waals surface area contributed by atoms with Gasteiger partial charge in [0.1, 0.15) is 0 Å². The molecule has 4 nitrogen and oxygen atoms in total. The maximum absolute atomic E-state index is 13.0. The van der Waals surface area contributed by atoms with E-state index in [0.29, 0.717) is 26.7 Å². The van der Waals surface area contributed by atoms with Gasteiger partial charge in [0.05, 0.1) is 25.7 Å². The molecule has 3 rings (SSSR count). The van der Waals surface area contributed by atoms with E-state index in [1.54, 1.807) is 24.3 Å². The van der Waals surface area contributed by atoms with Gasteiger partial charge < -0.3 is 5.11 Å². The molecule has 0 amide bonds. The molecule has 0 unspecified atom stereocenters. The first-order valence-electron chi connectivity index (χ1n) is 9.45. The van der Waals surface area contributed by atoms with Crippen LogP contribution in [0.1, 0.15) is 55.4 Å². The molecule has 0 aliphatic rings. The maximum Gasteiger partial charge on any atom is 0.335 e. The molecule has 3 aromatic carbocycles. The van der Waals surface area contributed by atoms with E-state index in [2.05, 4.69) is 0 Å². The molecule has 0 spiro atoms. The van der Waals surface area contributed by atoms with Crippen LogP contribution in [0.3, 0.4) is 0 Å². The van der Waals surface area contributed by atoms with E-state index in [4.69, 9.17) is 46.4 Å². The Labute approximate surface area is 204 Å². The van der Waals surface area contributed by atoms with E-state index in [1.165, 1.54) is 36.4 Å². The topological polar surface area (TPSA) is 71.4 Å². The van der Waals surface area contributed by atoms with Crippen LogP contribution >= 0.6 is 46.4 Å². The Bertz CT molecular complexity index is 1140. The Hall–Kier alpha value is -2.37. The number of Topliss-reactive ketones (excluding diaryl/α,β-unsaturated/α-hetero) is 2. The lowest BCUT2D eigenvalue weighted by Crippen LogP contribution is -2.13. The van der Waals surface area contributed by atoms with Crippen molar-refractivity contribution in [2.75, 3.05) is 0 Å². The summed E-state index contributed by atoms with van der Waals surface area (Å²) >= 11 is 23.9. The average molecular weight is 510 g/mol. The van der Waals surface area contributed by atoms with Crippen molar-refractivity contribution < 1.29 is 19.5 Å². The molecule has 8 heteroatoms. The Morgan fingerprint density at radius 2 is 1.16 bits per heavy atom. The van der Waals surface area contributed by atoms with Gasteiger partial charge in [0.25, 0.3) is 0 Å². The number of benzene rings is 3. The zero-order chi connectivity index (χ0) is 23.4. The van der Waals surface area contributed by atoms with Crippen LogP contribution in [0.4, 0.5) is 0 Å². The second-order valence-electron chi connectivity index (χ2n) is 7.14.